The number of hydrogen-bond donors (Lipinski definition) is 1. The molecule has 0 aromatic heterocycles. The minimum absolute atomic E-state index is 0.107. The summed E-state index contributed by atoms with van der Waals surface area (Å²) < 4.78 is 11.4. The summed E-state index contributed by atoms with van der Waals surface area (Å²) in [5.41, 5.74) is 2.64. The van der Waals surface area contributed by atoms with Gasteiger partial charge >= 0.3 is 0 Å². The van der Waals surface area contributed by atoms with Crippen LogP contribution in [0.25, 0.3) is 0 Å². The Labute approximate surface area is 141 Å². The fourth-order valence-electron chi connectivity index (χ4n) is 2.79. The van der Waals surface area contributed by atoms with E-state index in [9.17, 15) is 0 Å². The van der Waals surface area contributed by atoms with E-state index >= 15 is 0 Å². The van der Waals surface area contributed by atoms with E-state index in [0.717, 1.165) is 38.3 Å². The minimum atomic E-state index is 0.107. The summed E-state index contributed by atoms with van der Waals surface area (Å²) in [5.74, 6) is 0.939. The Hall–Kier alpha value is -1.26. The molecule has 1 heterocycles. The first-order valence-corrected chi connectivity index (χ1v) is 8.62. The van der Waals surface area contributed by atoms with Gasteiger partial charge in [0.25, 0.3) is 0 Å². The maximum absolute atomic E-state index is 5.91. The third kappa shape index (κ3) is 5.70. The summed E-state index contributed by atoms with van der Waals surface area (Å²) in [6, 6.07) is 6.94. The molecular weight excluding hydrogens is 288 g/mol. The molecule has 0 unspecified atom stereocenters. The molecular formula is C19H32N2O2. The van der Waals surface area contributed by atoms with Crippen molar-refractivity contribution < 1.29 is 9.47 Å². The van der Waals surface area contributed by atoms with Gasteiger partial charge in [0.1, 0.15) is 12.4 Å². The van der Waals surface area contributed by atoms with Crippen molar-refractivity contribution in [2.75, 3.05) is 45.8 Å². The van der Waals surface area contributed by atoms with Gasteiger partial charge in [-0.25, -0.2) is 0 Å². The van der Waals surface area contributed by atoms with Crippen molar-refractivity contribution in [2.24, 2.45) is 0 Å². The SMILES string of the molecule is CN(C)CCOc1ccc(C(C)(C)C)c(NC2CCOCC2)c1. The first-order chi connectivity index (χ1) is 10.9. The molecule has 0 spiro atoms. The van der Waals surface area contributed by atoms with E-state index < -0.39 is 0 Å². The fraction of sp³-hybridized carbons (Fsp3) is 0.684. The van der Waals surface area contributed by atoms with E-state index in [2.05, 4.69) is 63.3 Å². The molecule has 4 nitrogen and oxygen atoms in total. The average molecular weight is 320 g/mol. The molecule has 23 heavy (non-hydrogen) atoms. The highest BCUT2D eigenvalue weighted by Gasteiger charge is 2.21. The number of nitrogens with zero attached hydrogens (tertiary/aromatic N) is 1. The second-order valence-corrected chi connectivity index (χ2v) is 7.64. The Morgan fingerprint density at radius 3 is 2.52 bits per heavy atom. The van der Waals surface area contributed by atoms with Crippen LogP contribution >= 0.6 is 0 Å². The largest absolute Gasteiger partial charge is 0.492 e. The maximum Gasteiger partial charge on any atom is 0.121 e. The van der Waals surface area contributed by atoms with Gasteiger partial charge in [0.2, 0.25) is 0 Å². The average Bonchev–Trinajstić information content (AvgIpc) is 2.47. The number of hydrogen-bond acceptors (Lipinski definition) is 4. The summed E-state index contributed by atoms with van der Waals surface area (Å²) in [5, 5.41) is 3.73. The molecule has 1 fully saturated rings. The zero-order valence-corrected chi connectivity index (χ0v) is 15.3. The van der Waals surface area contributed by atoms with Crippen LogP contribution < -0.4 is 10.1 Å². The van der Waals surface area contributed by atoms with E-state index in [1.54, 1.807) is 0 Å². The lowest BCUT2D eigenvalue weighted by molar-refractivity contribution is 0.0904. The number of rotatable bonds is 6. The van der Waals surface area contributed by atoms with Gasteiger partial charge in [0, 0.05) is 37.6 Å². The molecule has 0 bridgehead atoms. The first kappa shape index (κ1) is 18.1. The lowest BCUT2D eigenvalue weighted by Crippen LogP contribution is -2.29. The van der Waals surface area contributed by atoms with Crippen molar-refractivity contribution >= 4 is 5.69 Å². The van der Waals surface area contributed by atoms with E-state index in [1.165, 1.54) is 11.3 Å². The molecule has 1 aliphatic rings. The van der Waals surface area contributed by atoms with Crippen molar-refractivity contribution in [3.8, 4) is 5.75 Å². The van der Waals surface area contributed by atoms with Crippen LogP contribution in [-0.4, -0.2) is 51.4 Å². The topological polar surface area (TPSA) is 33.7 Å². The van der Waals surface area contributed by atoms with Crippen molar-refractivity contribution in [3.05, 3.63) is 23.8 Å². The molecule has 0 radical (unpaired) electrons. The molecule has 0 saturated carbocycles. The first-order valence-electron chi connectivity index (χ1n) is 8.62. The molecule has 2 rings (SSSR count). The highest BCUT2D eigenvalue weighted by atomic mass is 16.5. The maximum atomic E-state index is 5.91. The number of likely N-dealkylation sites (N-methyl/N-ethyl adjacent to an activating group) is 1. The molecule has 130 valence electrons. The number of nitrogens with one attached hydrogen (secondary N) is 1. The Bertz CT molecular complexity index is 489. The van der Waals surface area contributed by atoms with Gasteiger partial charge in [0.15, 0.2) is 0 Å². The molecule has 1 saturated heterocycles. The van der Waals surface area contributed by atoms with Crippen LogP contribution in [0, 0.1) is 0 Å². The normalized spacial score (nSPS) is 16.6. The summed E-state index contributed by atoms with van der Waals surface area (Å²) in [6.07, 6.45) is 2.13. The zero-order chi connectivity index (χ0) is 16.9. The van der Waals surface area contributed by atoms with Gasteiger partial charge < -0.3 is 19.7 Å². The van der Waals surface area contributed by atoms with Gasteiger partial charge in [0.05, 0.1) is 0 Å². The third-order valence-electron chi connectivity index (χ3n) is 4.19. The quantitative estimate of drug-likeness (QED) is 0.869. The molecule has 0 atom stereocenters. The molecule has 1 aromatic rings. The third-order valence-corrected chi connectivity index (χ3v) is 4.19. The lowest BCUT2D eigenvalue weighted by Gasteiger charge is -2.29. The van der Waals surface area contributed by atoms with E-state index in [-0.39, 0.29) is 5.41 Å². The Morgan fingerprint density at radius 1 is 1.22 bits per heavy atom. The number of anilines is 1. The fourth-order valence-corrected chi connectivity index (χ4v) is 2.79. The predicted octanol–water partition coefficient (Wildman–Crippen LogP) is 3.52. The zero-order valence-electron chi connectivity index (χ0n) is 15.3. The van der Waals surface area contributed by atoms with Gasteiger partial charge in [-0.1, -0.05) is 26.8 Å². The highest BCUT2D eigenvalue weighted by molar-refractivity contribution is 5.58. The van der Waals surface area contributed by atoms with Crippen LogP contribution in [0.1, 0.15) is 39.2 Å². The van der Waals surface area contributed by atoms with Gasteiger partial charge in [-0.3, -0.25) is 0 Å². The molecule has 4 heteroatoms. The molecule has 0 amide bonds. The van der Waals surface area contributed by atoms with Crippen molar-refractivity contribution in [3.63, 3.8) is 0 Å². The van der Waals surface area contributed by atoms with Crippen molar-refractivity contribution in [1.82, 2.24) is 4.90 Å². The summed E-state index contributed by atoms with van der Waals surface area (Å²) >= 11 is 0. The van der Waals surface area contributed by atoms with Crippen molar-refractivity contribution in [1.29, 1.82) is 0 Å². The summed E-state index contributed by atoms with van der Waals surface area (Å²) in [6.45, 7) is 10.1. The van der Waals surface area contributed by atoms with E-state index in [4.69, 9.17) is 9.47 Å². The minimum Gasteiger partial charge on any atom is -0.492 e. The highest BCUT2D eigenvalue weighted by Crippen LogP contribution is 2.33. The van der Waals surface area contributed by atoms with Crippen LogP contribution in [0.2, 0.25) is 0 Å². The monoisotopic (exact) mass is 320 g/mol. The van der Waals surface area contributed by atoms with E-state index in [1.807, 2.05) is 0 Å². The van der Waals surface area contributed by atoms with Gasteiger partial charge in [-0.2, -0.15) is 0 Å². The van der Waals surface area contributed by atoms with E-state index in [0.29, 0.717) is 12.6 Å². The Balaban J connectivity index is 2.12. The second kappa shape index (κ2) is 8.02. The molecule has 0 aliphatic carbocycles. The second-order valence-electron chi connectivity index (χ2n) is 7.64. The van der Waals surface area contributed by atoms with Gasteiger partial charge in [-0.05, 0) is 44.0 Å². The summed E-state index contributed by atoms with van der Waals surface area (Å²) in [4.78, 5) is 2.13. The van der Waals surface area contributed by atoms with Crippen LogP contribution in [0.3, 0.4) is 0 Å². The predicted molar refractivity (Wildman–Crippen MR) is 96.7 cm³/mol. The molecule has 1 aromatic carbocycles. The van der Waals surface area contributed by atoms with Crippen LogP contribution in [0.15, 0.2) is 18.2 Å². The lowest BCUT2D eigenvalue weighted by atomic mass is 9.85. The molecule has 1 N–H and O–H groups in total. The van der Waals surface area contributed by atoms with Crippen LogP contribution in [-0.2, 0) is 10.2 Å². The number of benzene rings is 1. The van der Waals surface area contributed by atoms with Crippen LogP contribution in [0.4, 0.5) is 5.69 Å². The smallest absolute Gasteiger partial charge is 0.121 e. The van der Waals surface area contributed by atoms with Gasteiger partial charge in [-0.15, -0.1) is 0 Å². The summed E-state index contributed by atoms with van der Waals surface area (Å²) in [7, 11) is 4.12. The van der Waals surface area contributed by atoms with Crippen LogP contribution in [0.5, 0.6) is 5.75 Å². The molecule has 1 aliphatic heterocycles. The Morgan fingerprint density at radius 2 is 1.91 bits per heavy atom. The number of ether oxygens (including phenoxy) is 2. The standard InChI is InChI=1S/C19H32N2O2/c1-19(2,3)17-7-6-16(23-13-10-21(4)5)14-18(17)20-15-8-11-22-12-9-15/h6-7,14-15,20H,8-13H2,1-5H3. The Kier molecular flexibility index (Phi) is 6.31. The van der Waals surface area contributed by atoms with Crippen molar-refractivity contribution in [2.45, 2.75) is 45.1 Å².